The predicted octanol–water partition coefficient (Wildman–Crippen LogP) is 2.07. The number of hydrogen-bond acceptors (Lipinski definition) is 4. The molecule has 0 amide bonds. The van der Waals surface area contributed by atoms with Gasteiger partial charge in [-0.05, 0) is 50.7 Å². The predicted molar refractivity (Wildman–Crippen MR) is 86.2 cm³/mol. The van der Waals surface area contributed by atoms with Gasteiger partial charge in [-0.3, -0.25) is 14.6 Å². The molecular formula is C17H26N2O3. The minimum absolute atomic E-state index is 0.0417. The molecule has 1 aromatic carbocycles. The normalized spacial score (nSPS) is 15.9. The highest BCUT2D eigenvalue weighted by atomic mass is 16.5. The molecule has 0 unspecified atom stereocenters. The van der Waals surface area contributed by atoms with E-state index in [1.165, 1.54) is 32.4 Å². The number of hydrogen-bond donors (Lipinski definition) is 1. The van der Waals surface area contributed by atoms with E-state index in [9.17, 15) is 4.79 Å². The Labute approximate surface area is 132 Å². The quantitative estimate of drug-likeness (QED) is 0.797. The van der Waals surface area contributed by atoms with E-state index in [4.69, 9.17) is 9.84 Å². The van der Waals surface area contributed by atoms with Crippen molar-refractivity contribution >= 4 is 5.97 Å². The zero-order valence-corrected chi connectivity index (χ0v) is 13.3. The Morgan fingerprint density at radius 2 is 2.09 bits per heavy atom. The molecule has 122 valence electrons. The lowest BCUT2D eigenvalue weighted by Crippen LogP contribution is -2.33. The van der Waals surface area contributed by atoms with Crippen LogP contribution in [0, 0.1) is 0 Å². The Kier molecular flexibility index (Phi) is 6.68. The second-order valence-corrected chi connectivity index (χ2v) is 5.96. The van der Waals surface area contributed by atoms with Gasteiger partial charge in [0.05, 0.1) is 6.54 Å². The summed E-state index contributed by atoms with van der Waals surface area (Å²) in [5.41, 5.74) is 1.07. The summed E-state index contributed by atoms with van der Waals surface area (Å²) < 4.78 is 5.84. The van der Waals surface area contributed by atoms with Crippen LogP contribution in [-0.4, -0.2) is 60.7 Å². The SMILES string of the molecule is CN(CC(=O)O)Cc1cccc(OCCN2CCCCC2)c1. The number of benzene rings is 1. The fourth-order valence-electron chi connectivity index (χ4n) is 2.81. The topological polar surface area (TPSA) is 53.0 Å². The van der Waals surface area contributed by atoms with Gasteiger partial charge in [-0.25, -0.2) is 0 Å². The van der Waals surface area contributed by atoms with Crippen LogP contribution in [0.3, 0.4) is 0 Å². The van der Waals surface area contributed by atoms with Crippen LogP contribution in [0.2, 0.25) is 0 Å². The van der Waals surface area contributed by atoms with Crippen LogP contribution in [0.15, 0.2) is 24.3 Å². The number of likely N-dealkylation sites (tertiary alicyclic amines) is 1. The summed E-state index contributed by atoms with van der Waals surface area (Å²) in [6.07, 6.45) is 3.94. The third kappa shape index (κ3) is 6.03. The van der Waals surface area contributed by atoms with Crippen molar-refractivity contribution in [2.75, 3.05) is 39.8 Å². The molecule has 5 nitrogen and oxygen atoms in total. The molecule has 0 saturated carbocycles. The fraction of sp³-hybridized carbons (Fsp3) is 0.588. The van der Waals surface area contributed by atoms with E-state index < -0.39 is 5.97 Å². The second kappa shape index (κ2) is 8.76. The molecular weight excluding hydrogens is 280 g/mol. The van der Waals surface area contributed by atoms with Crippen LogP contribution < -0.4 is 4.74 Å². The van der Waals surface area contributed by atoms with Gasteiger partial charge >= 0.3 is 5.97 Å². The van der Waals surface area contributed by atoms with Crippen molar-refractivity contribution in [2.24, 2.45) is 0 Å². The number of ether oxygens (including phenoxy) is 1. The highest BCUT2D eigenvalue weighted by Gasteiger charge is 2.10. The number of rotatable bonds is 8. The van der Waals surface area contributed by atoms with Gasteiger partial charge < -0.3 is 9.84 Å². The average Bonchev–Trinajstić information content (AvgIpc) is 2.48. The molecule has 0 aromatic heterocycles. The molecule has 0 aliphatic carbocycles. The summed E-state index contributed by atoms with van der Waals surface area (Å²) in [5.74, 6) is 0.0506. The molecule has 22 heavy (non-hydrogen) atoms. The zero-order valence-electron chi connectivity index (χ0n) is 13.3. The molecule has 1 saturated heterocycles. The molecule has 1 aromatic rings. The second-order valence-electron chi connectivity index (χ2n) is 5.96. The largest absolute Gasteiger partial charge is 0.492 e. The summed E-state index contributed by atoms with van der Waals surface area (Å²) in [5, 5.41) is 8.79. The molecule has 1 aliphatic rings. The number of carboxylic acids is 1. The number of piperidine rings is 1. The van der Waals surface area contributed by atoms with Gasteiger partial charge in [0, 0.05) is 13.1 Å². The van der Waals surface area contributed by atoms with Crippen molar-refractivity contribution in [3.05, 3.63) is 29.8 Å². The van der Waals surface area contributed by atoms with Gasteiger partial charge in [0.2, 0.25) is 0 Å². The Morgan fingerprint density at radius 3 is 2.82 bits per heavy atom. The van der Waals surface area contributed by atoms with Crippen LogP contribution in [0.1, 0.15) is 24.8 Å². The number of likely N-dealkylation sites (N-methyl/N-ethyl adjacent to an activating group) is 1. The summed E-state index contributed by atoms with van der Waals surface area (Å²) in [6, 6.07) is 7.90. The van der Waals surface area contributed by atoms with E-state index in [0.717, 1.165) is 17.9 Å². The van der Waals surface area contributed by atoms with Gasteiger partial charge in [-0.15, -0.1) is 0 Å². The minimum Gasteiger partial charge on any atom is -0.492 e. The summed E-state index contributed by atoms with van der Waals surface area (Å²) in [7, 11) is 1.80. The van der Waals surface area contributed by atoms with E-state index in [1.807, 2.05) is 24.3 Å². The monoisotopic (exact) mass is 306 g/mol. The van der Waals surface area contributed by atoms with Crippen molar-refractivity contribution in [2.45, 2.75) is 25.8 Å². The van der Waals surface area contributed by atoms with Gasteiger partial charge in [0.25, 0.3) is 0 Å². The van der Waals surface area contributed by atoms with E-state index in [-0.39, 0.29) is 6.54 Å². The van der Waals surface area contributed by atoms with E-state index in [2.05, 4.69) is 4.90 Å². The zero-order chi connectivity index (χ0) is 15.8. The fourth-order valence-corrected chi connectivity index (χ4v) is 2.81. The summed E-state index contributed by atoms with van der Waals surface area (Å²) in [6.45, 7) is 4.69. The smallest absolute Gasteiger partial charge is 0.317 e. The summed E-state index contributed by atoms with van der Waals surface area (Å²) in [4.78, 5) is 14.9. The van der Waals surface area contributed by atoms with Crippen LogP contribution in [-0.2, 0) is 11.3 Å². The van der Waals surface area contributed by atoms with E-state index >= 15 is 0 Å². The van der Waals surface area contributed by atoms with Gasteiger partial charge in [0.15, 0.2) is 0 Å². The minimum atomic E-state index is -0.809. The molecule has 0 radical (unpaired) electrons. The van der Waals surface area contributed by atoms with Crippen LogP contribution in [0.5, 0.6) is 5.75 Å². The molecule has 0 spiro atoms. The molecule has 5 heteroatoms. The first-order valence-corrected chi connectivity index (χ1v) is 7.98. The van der Waals surface area contributed by atoms with Gasteiger partial charge in [-0.1, -0.05) is 18.6 Å². The van der Waals surface area contributed by atoms with E-state index in [0.29, 0.717) is 13.2 Å². The Morgan fingerprint density at radius 1 is 1.32 bits per heavy atom. The maximum Gasteiger partial charge on any atom is 0.317 e. The molecule has 1 aliphatic heterocycles. The Bertz CT molecular complexity index is 473. The van der Waals surface area contributed by atoms with Crippen molar-refractivity contribution in [3.8, 4) is 5.75 Å². The molecule has 1 N–H and O–H groups in total. The van der Waals surface area contributed by atoms with E-state index in [1.54, 1.807) is 11.9 Å². The lowest BCUT2D eigenvalue weighted by Gasteiger charge is -2.26. The Hall–Kier alpha value is -1.59. The van der Waals surface area contributed by atoms with Gasteiger partial charge in [-0.2, -0.15) is 0 Å². The van der Waals surface area contributed by atoms with Gasteiger partial charge in [0.1, 0.15) is 12.4 Å². The third-order valence-electron chi connectivity index (χ3n) is 3.88. The summed E-state index contributed by atoms with van der Waals surface area (Å²) >= 11 is 0. The molecule has 2 rings (SSSR count). The van der Waals surface area contributed by atoms with Crippen LogP contribution in [0.4, 0.5) is 0 Å². The molecule has 1 fully saturated rings. The number of nitrogens with zero attached hydrogens (tertiary/aromatic N) is 2. The third-order valence-corrected chi connectivity index (χ3v) is 3.88. The first kappa shape index (κ1) is 16.8. The lowest BCUT2D eigenvalue weighted by atomic mass is 10.1. The number of aliphatic carboxylic acids is 1. The van der Waals surface area contributed by atoms with Crippen molar-refractivity contribution in [3.63, 3.8) is 0 Å². The maximum absolute atomic E-state index is 10.7. The number of carboxylic acid groups (broad SMARTS) is 1. The standard InChI is InChI=1S/C17H26N2O3/c1-18(14-17(20)21)13-15-6-5-7-16(12-15)22-11-10-19-8-3-2-4-9-19/h5-7,12H,2-4,8-11,13-14H2,1H3,(H,20,21). The highest BCUT2D eigenvalue weighted by molar-refractivity contribution is 5.69. The molecule has 0 bridgehead atoms. The first-order valence-electron chi connectivity index (χ1n) is 7.98. The number of carbonyl (C=O) groups is 1. The molecule has 0 atom stereocenters. The lowest BCUT2D eigenvalue weighted by molar-refractivity contribution is -0.138. The Balaban J connectivity index is 1.76. The molecule has 1 heterocycles. The van der Waals surface area contributed by atoms with Crippen LogP contribution >= 0.6 is 0 Å². The van der Waals surface area contributed by atoms with Crippen LogP contribution in [0.25, 0.3) is 0 Å². The van der Waals surface area contributed by atoms with Crippen molar-refractivity contribution in [1.82, 2.24) is 9.80 Å². The van der Waals surface area contributed by atoms with Crippen molar-refractivity contribution < 1.29 is 14.6 Å². The average molecular weight is 306 g/mol. The van der Waals surface area contributed by atoms with Crippen molar-refractivity contribution in [1.29, 1.82) is 0 Å². The maximum atomic E-state index is 10.7. The highest BCUT2D eigenvalue weighted by Crippen LogP contribution is 2.15. The first-order chi connectivity index (χ1) is 10.6.